The van der Waals surface area contributed by atoms with Crippen LogP contribution in [0.25, 0.3) is 0 Å². The summed E-state index contributed by atoms with van der Waals surface area (Å²) < 4.78 is 32.8. The number of nitrogens with zero attached hydrogens (tertiary/aromatic N) is 3. The van der Waals surface area contributed by atoms with Gasteiger partial charge in [0.15, 0.2) is 6.61 Å². The van der Waals surface area contributed by atoms with Gasteiger partial charge in [-0.2, -0.15) is 10.4 Å². The van der Waals surface area contributed by atoms with Crippen molar-refractivity contribution < 1.29 is 17.9 Å². The number of para-hydroxylation sites is 1. The summed E-state index contributed by atoms with van der Waals surface area (Å²) in [5, 5.41) is 12.5. The largest absolute Gasteiger partial charge is 0.479 e. The van der Waals surface area contributed by atoms with E-state index in [1.165, 1.54) is 18.3 Å². The summed E-state index contributed by atoms with van der Waals surface area (Å²) in [7, 11) is -3.98. The number of ether oxygens (including phenoxy) is 1. The molecule has 3 aromatic rings. The van der Waals surface area contributed by atoms with Crippen LogP contribution >= 0.6 is 0 Å². The van der Waals surface area contributed by atoms with E-state index in [9.17, 15) is 13.2 Å². The Hall–Kier alpha value is -4.16. The SMILES string of the molecule is Cc1ccccc1N(CC(=O)N/N=C\c1ccc(OCC#N)cc1)S(=O)(=O)c1ccccc1. The number of carbonyl (C=O) groups is 1. The summed E-state index contributed by atoms with van der Waals surface area (Å²) in [6, 6.07) is 23.6. The molecule has 0 atom stereocenters. The average Bonchev–Trinajstić information content (AvgIpc) is 2.83. The summed E-state index contributed by atoms with van der Waals surface area (Å²) >= 11 is 0. The van der Waals surface area contributed by atoms with E-state index in [0.29, 0.717) is 22.6 Å². The van der Waals surface area contributed by atoms with Gasteiger partial charge in [0.25, 0.3) is 15.9 Å². The van der Waals surface area contributed by atoms with E-state index in [4.69, 9.17) is 10.00 Å². The number of benzene rings is 3. The Bertz CT molecular complexity index is 1270. The van der Waals surface area contributed by atoms with Crippen molar-refractivity contribution in [3.63, 3.8) is 0 Å². The van der Waals surface area contributed by atoms with Crippen LogP contribution in [-0.4, -0.2) is 33.7 Å². The molecule has 3 rings (SSSR count). The maximum Gasteiger partial charge on any atom is 0.264 e. The normalized spacial score (nSPS) is 11.0. The highest BCUT2D eigenvalue weighted by atomic mass is 32.2. The first-order valence-corrected chi connectivity index (χ1v) is 11.4. The van der Waals surface area contributed by atoms with Gasteiger partial charge in [0.2, 0.25) is 0 Å². The fraction of sp³-hybridized carbons (Fsp3) is 0.125. The molecule has 0 aliphatic rings. The van der Waals surface area contributed by atoms with Gasteiger partial charge in [-0.05, 0) is 60.5 Å². The van der Waals surface area contributed by atoms with Crippen molar-refractivity contribution >= 4 is 27.8 Å². The molecule has 0 saturated carbocycles. The monoisotopic (exact) mass is 462 g/mol. The second kappa shape index (κ2) is 10.9. The maximum absolute atomic E-state index is 13.3. The van der Waals surface area contributed by atoms with E-state index in [-0.39, 0.29) is 11.5 Å². The van der Waals surface area contributed by atoms with Crippen LogP contribution in [0.5, 0.6) is 5.75 Å². The van der Waals surface area contributed by atoms with E-state index in [0.717, 1.165) is 4.31 Å². The molecule has 0 radical (unpaired) electrons. The average molecular weight is 463 g/mol. The standard InChI is InChI=1S/C24H22N4O4S/c1-19-7-5-6-10-23(19)28(33(30,31)22-8-3-2-4-9-22)18-24(29)27-26-17-20-11-13-21(14-12-20)32-16-15-25/h2-14,17H,16,18H2,1H3,(H,27,29)/b26-17-. The molecule has 1 N–H and O–H groups in total. The van der Waals surface area contributed by atoms with Gasteiger partial charge in [0.1, 0.15) is 18.4 Å². The number of rotatable bonds is 9. The fourth-order valence-electron chi connectivity index (χ4n) is 2.97. The summed E-state index contributed by atoms with van der Waals surface area (Å²) in [6.07, 6.45) is 1.43. The molecule has 0 saturated heterocycles. The number of hydrogen-bond donors (Lipinski definition) is 1. The highest BCUT2D eigenvalue weighted by molar-refractivity contribution is 7.92. The van der Waals surface area contributed by atoms with Crippen LogP contribution in [0, 0.1) is 18.3 Å². The Morgan fingerprint density at radius 2 is 1.73 bits per heavy atom. The van der Waals surface area contributed by atoms with Gasteiger partial charge in [-0.25, -0.2) is 13.8 Å². The highest BCUT2D eigenvalue weighted by Crippen LogP contribution is 2.26. The second-order valence-corrected chi connectivity index (χ2v) is 8.78. The second-order valence-electron chi connectivity index (χ2n) is 6.92. The smallest absolute Gasteiger partial charge is 0.264 e. The van der Waals surface area contributed by atoms with Crippen molar-refractivity contribution in [3.8, 4) is 11.8 Å². The fourth-order valence-corrected chi connectivity index (χ4v) is 4.48. The molecule has 9 heteroatoms. The molecule has 0 bridgehead atoms. The summed E-state index contributed by atoms with van der Waals surface area (Å²) in [6.45, 7) is 1.29. The van der Waals surface area contributed by atoms with Crippen LogP contribution in [0.1, 0.15) is 11.1 Å². The van der Waals surface area contributed by atoms with Crippen molar-refractivity contribution in [2.45, 2.75) is 11.8 Å². The zero-order valence-corrected chi connectivity index (χ0v) is 18.7. The third kappa shape index (κ3) is 6.18. The van der Waals surface area contributed by atoms with Crippen LogP contribution in [-0.2, 0) is 14.8 Å². The van der Waals surface area contributed by atoms with Crippen molar-refractivity contribution in [1.82, 2.24) is 5.43 Å². The number of hydrogen-bond acceptors (Lipinski definition) is 6. The zero-order valence-electron chi connectivity index (χ0n) is 17.9. The molecule has 0 aromatic heterocycles. The maximum atomic E-state index is 13.3. The molecule has 0 spiro atoms. The third-order valence-corrected chi connectivity index (χ3v) is 6.36. The first kappa shape index (κ1) is 23.5. The molecule has 0 fully saturated rings. The lowest BCUT2D eigenvalue weighted by molar-refractivity contribution is -0.119. The topological polar surface area (TPSA) is 112 Å². The van der Waals surface area contributed by atoms with Crippen molar-refractivity contribution in [2.24, 2.45) is 5.10 Å². The van der Waals surface area contributed by atoms with Gasteiger partial charge < -0.3 is 4.74 Å². The van der Waals surface area contributed by atoms with E-state index >= 15 is 0 Å². The Morgan fingerprint density at radius 3 is 2.39 bits per heavy atom. The molecule has 0 aliphatic carbocycles. The summed E-state index contributed by atoms with van der Waals surface area (Å²) in [5.74, 6) is -0.0549. The molecule has 1 amide bonds. The number of nitriles is 1. The predicted molar refractivity (Wildman–Crippen MR) is 125 cm³/mol. The molecular weight excluding hydrogens is 440 g/mol. The van der Waals surface area contributed by atoms with E-state index in [1.54, 1.807) is 73.7 Å². The minimum absolute atomic E-state index is 0.0488. The first-order valence-electron chi connectivity index (χ1n) is 9.97. The van der Waals surface area contributed by atoms with E-state index in [1.807, 2.05) is 6.07 Å². The number of hydrazone groups is 1. The van der Waals surface area contributed by atoms with Gasteiger partial charge in [0.05, 0.1) is 16.8 Å². The van der Waals surface area contributed by atoms with Crippen molar-refractivity contribution in [3.05, 3.63) is 90.0 Å². The number of aryl methyl sites for hydroxylation is 1. The van der Waals surface area contributed by atoms with Crippen LogP contribution < -0.4 is 14.5 Å². The molecule has 0 aliphatic heterocycles. The van der Waals surface area contributed by atoms with Gasteiger partial charge in [-0.1, -0.05) is 36.4 Å². The molecule has 0 heterocycles. The third-order valence-electron chi connectivity index (χ3n) is 4.59. The number of sulfonamides is 1. The van der Waals surface area contributed by atoms with Crippen molar-refractivity contribution in [1.29, 1.82) is 5.26 Å². The molecule has 0 unspecified atom stereocenters. The predicted octanol–water partition coefficient (Wildman–Crippen LogP) is 3.24. The van der Waals surface area contributed by atoms with E-state index < -0.39 is 22.5 Å². The molecular formula is C24H22N4O4S. The van der Waals surface area contributed by atoms with Crippen LogP contribution in [0.4, 0.5) is 5.69 Å². The van der Waals surface area contributed by atoms with Crippen LogP contribution in [0.3, 0.4) is 0 Å². The molecule has 3 aromatic carbocycles. The van der Waals surface area contributed by atoms with Crippen LogP contribution in [0.2, 0.25) is 0 Å². The zero-order chi connectivity index (χ0) is 23.7. The Morgan fingerprint density at radius 1 is 1.06 bits per heavy atom. The molecule has 8 nitrogen and oxygen atoms in total. The first-order chi connectivity index (χ1) is 15.9. The Labute approximate surface area is 192 Å². The van der Waals surface area contributed by atoms with Crippen LogP contribution in [0.15, 0.2) is 88.9 Å². The van der Waals surface area contributed by atoms with Gasteiger partial charge >= 0.3 is 0 Å². The lowest BCUT2D eigenvalue weighted by atomic mass is 10.2. The van der Waals surface area contributed by atoms with E-state index in [2.05, 4.69) is 10.5 Å². The number of amides is 1. The Balaban J connectivity index is 1.75. The number of nitrogens with one attached hydrogen (secondary N) is 1. The highest BCUT2D eigenvalue weighted by Gasteiger charge is 2.27. The number of carbonyl (C=O) groups excluding carboxylic acids is 1. The Kier molecular flexibility index (Phi) is 7.78. The molecule has 168 valence electrons. The number of anilines is 1. The lowest BCUT2D eigenvalue weighted by Crippen LogP contribution is -2.40. The van der Waals surface area contributed by atoms with Gasteiger partial charge in [-0.3, -0.25) is 9.10 Å². The van der Waals surface area contributed by atoms with Crippen molar-refractivity contribution in [2.75, 3.05) is 17.5 Å². The summed E-state index contributed by atoms with van der Waals surface area (Å²) in [4.78, 5) is 12.7. The summed E-state index contributed by atoms with van der Waals surface area (Å²) in [5.41, 5.74) is 4.19. The van der Waals surface area contributed by atoms with Gasteiger partial charge in [-0.15, -0.1) is 0 Å². The minimum atomic E-state index is -3.98. The minimum Gasteiger partial charge on any atom is -0.479 e. The molecule has 33 heavy (non-hydrogen) atoms. The lowest BCUT2D eigenvalue weighted by Gasteiger charge is -2.25. The van der Waals surface area contributed by atoms with Gasteiger partial charge in [0, 0.05) is 0 Å². The quantitative estimate of drug-likeness (QED) is 0.388.